The van der Waals surface area contributed by atoms with Gasteiger partial charge in [-0.3, -0.25) is 0 Å². The molecule has 1 aromatic heterocycles. The quantitative estimate of drug-likeness (QED) is 0.711. The second kappa shape index (κ2) is 5.99. The summed E-state index contributed by atoms with van der Waals surface area (Å²) in [6, 6.07) is 0. The number of nitrogens with zero attached hydrogens (tertiary/aromatic N) is 3. The molecule has 0 unspecified atom stereocenters. The first kappa shape index (κ1) is 13.8. The van der Waals surface area contributed by atoms with Gasteiger partial charge in [0.1, 0.15) is 11.6 Å². The lowest BCUT2D eigenvalue weighted by Gasteiger charge is -2.40. The summed E-state index contributed by atoms with van der Waals surface area (Å²) in [6.45, 7) is 1.37. The maximum Gasteiger partial charge on any atom is 0.148 e. The Morgan fingerprint density at radius 2 is 2.00 bits per heavy atom. The Labute approximate surface area is 112 Å². The molecule has 1 aliphatic carbocycles. The number of hydrogen-bond donors (Lipinski definition) is 0. The fourth-order valence-corrected chi connectivity index (χ4v) is 2.55. The van der Waals surface area contributed by atoms with Crippen LogP contribution in [0.25, 0.3) is 0 Å². The summed E-state index contributed by atoms with van der Waals surface area (Å²) in [5.41, 5.74) is -0.0402. The predicted molar refractivity (Wildman–Crippen MR) is 68.8 cm³/mol. The van der Waals surface area contributed by atoms with Crippen LogP contribution >= 0.6 is 11.6 Å². The van der Waals surface area contributed by atoms with Crippen LogP contribution in [0.2, 0.25) is 0 Å². The van der Waals surface area contributed by atoms with Gasteiger partial charge in [0.05, 0.1) is 18.1 Å². The van der Waals surface area contributed by atoms with E-state index in [1.807, 2.05) is 0 Å². The fraction of sp³-hybridized carbons (Fsp3) is 0.833. The van der Waals surface area contributed by atoms with Crippen molar-refractivity contribution >= 4 is 11.6 Å². The maximum atomic E-state index is 5.88. The van der Waals surface area contributed by atoms with E-state index in [1.54, 1.807) is 14.2 Å². The zero-order chi connectivity index (χ0) is 13.0. The van der Waals surface area contributed by atoms with Crippen LogP contribution in [-0.4, -0.2) is 41.2 Å². The first-order valence-electron chi connectivity index (χ1n) is 6.25. The molecule has 18 heavy (non-hydrogen) atoms. The largest absolute Gasteiger partial charge is 0.383 e. The highest BCUT2D eigenvalue weighted by molar-refractivity contribution is 6.16. The standard InChI is InChI=1S/C12H20ClN3O2/c1-17-7-6-16-10(14-15-11(16)9-13)8-12(18-2)4-3-5-12/h3-9H2,1-2H3. The van der Waals surface area contributed by atoms with Crippen LogP contribution in [0.3, 0.4) is 0 Å². The normalized spacial score (nSPS) is 17.7. The number of aromatic nitrogens is 3. The Bertz CT molecular complexity index is 385. The molecule has 0 N–H and O–H groups in total. The third-order valence-electron chi connectivity index (χ3n) is 3.72. The van der Waals surface area contributed by atoms with E-state index in [0.29, 0.717) is 12.5 Å². The van der Waals surface area contributed by atoms with E-state index >= 15 is 0 Å². The van der Waals surface area contributed by atoms with Crippen LogP contribution in [0.4, 0.5) is 0 Å². The molecule has 6 heteroatoms. The number of alkyl halides is 1. The minimum atomic E-state index is -0.0402. The van der Waals surface area contributed by atoms with Crippen molar-refractivity contribution in [1.82, 2.24) is 14.8 Å². The van der Waals surface area contributed by atoms with Crippen molar-refractivity contribution in [2.75, 3.05) is 20.8 Å². The Hall–Kier alpha value is -0.650. The zero-order valence-corrected chi connectivity index (χ0v) is 11.7. The van der Waals surface area contributed by atoms with E-state index in [9.17, 15) is 0 Å². The zero-order valence-electron chi connectivity index (χ0n) is 11.0. The van der Waals surface area contributed by atoms with E-state index in [-0.39, 0.29) is 5.60 Å². The average Bonchev–Trinajstić information content (AvgIpc) is 2.73. The Kier molecular flexibility index (Phi) is 4.59. The van der Waals surface area contributed by atoms with Gasteiger partial charge >= 0.3 is 0 Å². The Balaban J connectivity index is 2.13. The highest BCUT2D eigenvalue weighted by Gasteiger charge is 2.38. The van der Waals surface area contributed by atoms with Crippen molar-refractivity contribution < 1.29 is 9.47 Å². The molecule has 0 aliphatic heterocycles. The number of hydrogen-bond acceptors (Lipinski definition) is 4. The number of halogens is 1. The topological polar surface area (TPSA) is 49.2 Å². The predicted octanol–water partition coefficient (Wildman–Crippen LogP) is 1.77. The van der Waals surface area contributed by atoms with Crippen LogP contribution in [-0.2, 0) is 28.3 Å². The molecule has 1 aromatic rings. The summed E-state index contributed by atoms with van der Waals surface area (Å²) in [4.78, 5) is 0. The second-order valence-electron chi connectivity index (χ2n) is 4.73. The molecular weight excluding hydrogens is 254 g/mol. The van der Waals surface area contributed by atoms with Gasteiger partial charge in [0.15, 0.2) is 0 Å². The lowest BCUT2D eigenvalue weighted by Crippen LogP contribution is -2.42. The number of methoxy groups -OCH3 is 2. The van der Waals surface area contributed by atoms with Gasteiger partial charge in [0.2, 0.25) is 0 Å². The highest BCUT2D eigenvalue weighted by atomic mass is 35.5. The lowest BCUT2D eigenvalue weighted by atomic mass is 9.77. The van der Waals surface area contributed by atoms with E-state index in [0.717, 1.165) is 37.5 Å². The molecular formula is C12H20ClN3O2. The van der Waals surface area contributed by atoms with Crippen molar-refractivity contribution in [1.29, 1.82) is 0 Å². The second-order valence-corrected chi connectivity index (χ2v) is 5.00. The van der Waals surface area contributed by atoms with Crippen molar-refractivity contribution in [2.45, 2.75) is 43.7 Å². The molecule has 5 nitrogen and oxygen atoms in total. The fourth-order valence-electron chi connectivity index (χ4n) is 2.36. The summed E-state index contributed by atoms with van der Waals surface area (Å²) < 4.78 is 12.8. The lowest BCUT2D eigenvalue weighted by molar-refractivity contribution is -0.0727. The van der Waals surface area contributed by atoms with Gasteiger partial charge < -0.3 is 14.0 Å². The molecule has 0 spiro atoms. The molecule has 0 atom stereocenters. The minimum absolute atomic E-state index is 0.0402. The smallest absolute Gasteiger partial charge is 0.148 e. The van der Waals surface area contributed by atoms with Gasteiger partial charge in [-0.05, 0) is 19.3 Å². The molecule has 0 bridgehead atoms. The number of ether oxygens (including phenoxy) is 2. The Morgan fingerprint density at radius 1 is 1.28 bits per heavy atom. The van der Waals surface area contributed by atoms with Gasteiger partial charge in [-0.1, -0.05) is 0 Å². The van der Waals surface area contributed by atoms with E-state index < -0.39 is 0 Å². The van der Waals surface area contributed by atoms with Crippen molar-refractivity contribution in [3.05, 3.63) is 11.6 Å². The summed E-state index contributed by atoms with van der Waals surface area (Å²) in [5, 5.41) is 8.38. The SMILES string of the molecule is COCCn1c(CCl)nnc1CC1(OC)CCC1. The third kappa shape index (κ3) is 2.68. The molecule has 0 saturated heterocycles. The third-order valence-corrected chi connectivity index (χ3v) is 3.96. The minimum Gasteiger partial charge on any atom is -0.383 e. The van der Waals surface area contributed by atoms with Gasteiger partial charge in [-0.15, -0.1) is 21.8 Å². The molecule has 1 saturated carbocycles. The Morgan fingerprint density at radius 3 is 2.50 bits per heavy atom. The van der Waals surface area contributed by atoms with Crippen molar-refractivity contribution in [3.8, 4) is 0 Å². The van der Waals surface area contributed by atoms with Crippen LogP contribution in [0.15, 0.2) is 0 Å². The van der Waals surface area contributed by atoms with Gasteiger partial charge in [0.25, 0.3) is 0 Å². The summed E-state index contributed by atoms with van der Waals surface area (Å²) in [7, 11) is 3.46. The molecule has 1 heterocycles. The van der Waals surface area contributed by atoms with E-state index in [2.05, 4.69) is 14.8 Å². The monoisotopic (exact) mass is 273 g/mol. The highest BCUT2D eigenvalue weighted by Crippen LogP contribution is 2.37. The molecule has 1 fully saturated rings. The van der Waals surface area contributed by atoms with Crippen molar-refractivity contribution in [2.24, 2.45) is 0 Å². The van der Waals surface area contributed by atoms with Gasteiger partial charge in [-0.2, -0.15) is 0 Å². The summed E-state index contributed by atoms with van der Waals surface area (Å²) in [5.74, 6) is 2.12. The maximum absolute atomic E-state index is 5.88. The molecule has 0 aromatic carbocycles. The van der Waals surface area contributed by atoms with Crippen molar-refractivity contribution in [3.63, 3.8) is 0 Å². The van der Waals surface area contributed by atoms with E-state index in [4.69, 9.17) is 21.1 Å². The van der Waals surface area contributed by atoms with Crippen LogP contribution in [0, 0.1) is 0 Å². The summed E-state index contributed by atoms with van der Waals surface area (Å²) in [6.07, 6.45) is 4.22. The first-order chi connectivity index (χ1) is 8.74. The molecule has 0 amide bonds. The van der Waals surface area contributed by atoms with E-state index in [1.165, 1.54) is 6.42 Å². The van der Waals surface area contributed by atoms with Crippen LogP contribution < -0.4 is 0 Å². The average molecular weight is 274 g/mol. The molecule has 0 radical (unpaired) electrons. The first-order valence-corrected chi connectivity index (χ1v) is 6.79. The molecule has 1 aliphatic rings. The number of rotatable bonds is 7. The molecule has 102 valence electrons. The van der Waals surface area contributed by atoms with Crippen LogP contribution in [0.1, 0.15) is 30.9 Å². The summed E-state index contributed by atoms with van der Waals surface area (Å²) >= 11 is 5.88. The molecule has 2 rings (SSSR count). The van der Waals surface area contributed by atoms with Gasteiger partial charge in [-0.25, -0.2) is 0 Å². The van der Waals surface area contributed by atoms with Gasteiger partial charge in [0, 0.05) is 27.2 Å². The van der Waals surface area contributed by atoms with Crippen LogP contribution in [0.5, 0.6) is 0 Å².